The summed E-state index contributed by atoms with van der Waals surface area (Å²) in [6.45, 7) is 4.16. The summed E-state index contributed by atoms with van der Waals surface area (Å²) in [5, 5.41) is 1.14. The van der Waals surface area contributed by atoms with Crippen molar-refractivity contribution >= 4 is 44.3 Å². The first-order valence-corrected chi connectivity index (χ1v) is 12.9. The van der Waals surface area contributed by atoms with Crippen LogP contribution in [0.3, 0.4) is 0 Å². The van der Waals surface area contributed by atoms with Crippen LogP contribution in [-0.2, 0) is 0 Å². The van der Waals surface area contributed by atoms with E-state index in [2.05, 4.69) is 30.8 Å². The fourth-order valence-electron chi connectivity index (χ4n) is 2.13. The summed E-state index contributed by atoms with van der Waals surface area (Å²) in [6.07, 6.45) is 0.976. The van der Waals surface area contributed by atoms with Gasteiger partial charge < -0.3 is 9.64 Å². The van der Waals surface area contributed by atoms with Crippen molar-refractivity contribution in [2.45, 2.75) is 13.3 Å². The largest absolute Gasteiger partial charge is 0.491 e. The van der Waals surface area contributed by atoms with Gasteiger partial charge in [0.25, 0.3) is 5.91 Å². The van der Waals surface area contributed by atoms with Gasteiger partial charge >= 0.3 is 0 Å². The summed E-state index contributed by atoms with van der Waals surface area (Å²) in [4.78, 5) is 14.6. The number of amides is 1. The summed E-state index contributed by atoms with van der Waals surface area (Å²) < 4.78 is 5.77. The molecule has 1 aromatic carbocycles. The van der Waals surface area contributed by atoms with E-state index in [1.807, 2.05) is 17.0 Å². The Bertz CT molecular complexity index is 469. The lowest BCUT2D eigenvalue weighted by Gasteiger charge is -2.21. The summed E-state index contributed by atoms with van der Waals surface area (Å²) in [5.74, 6) is 0.877. The van der Waals surface area contributed by atoms with Gasteiger partial charge in [-0.2, -0.15) is 0 Å². The van der Waals surface area contributed by atoms with Crippen LogP contribution in [0, 0.1) is 0 Å². The third-order valence-electron chi connectivity index (χ3n) is 3.02. The minimum absolute atomic E-state index is 0.128. The van der Waals surface area contributed by atoms with Crippen LogP contribution in [0.25, 0.3) is 0 Å². The van der Waals surface area contributed by atoms with Gasteiger partial charge in [0.05, 0.1) is 12.1 Å². The maximum atomic E-state index is 12.7. The molecule has 1 heterocycles. The van der Waals surface area contributed by atoms with E-state index in [1.54, 1.807) is 0 Å². The van der Waals surface area contributed by atoms with E-state index in [-0.39, 0.29) is 13.2 Å². The lowest BCUT2D eigenvalue weighted by Crippen LogP contribution is -2.34. The van der Waals surface area contributed by atoms with Crippen molar-refractivity contribution in [2.24, 2.45) is 0 Å². The quantitative estimate of drug-likeness (QED) is 0.792. The van der Waals surface area contributed by atoms with Gasteiger partial charge in [-0.05, 0) is 19.8 Å². The predicted molar refractivity (Wildman–Crippen MR) is 92.4 cm³/mol. The van der Waals surface area contributed by atoms with Crippen LogP contribution in [0.15, 0.2) is 18.2 Å². The SMILES string of the molecule is CCCN1CCOc2cccc(P(P)PP)c2C1=O. The summed E-state index contributed by atoms with van der Waals surface area (Å²) in [7, 11) is 6.02. The molecule has 1 aromatic rings. The monoisotopic (exact) mass is 333 g/mol. The number of nitrogens with zero attached hydrogens (tertiary/aromatic N) is 1. The van der Waals surface area contributed by atoms with E-state index in [1.165, 1.54) is 0 Å². The zero-order chi connectivity index (χ0) is 13.8. The van der Waals surface area contributed by atoms with Gasteiger partial charge in [-0.3, -0.25) is 4.79 Å². The van der Waals surface area contributed by atoms with Crippen LogP contribution in [0.2, 0.25) is 0 Å². The average Bonchev–Trinajstić information content (AvgIpc) is 2.59. The molecule has 0 fully saturated rings. The molecular weight excluding hydrogens is 314 g/mol. The van der Waals surface area contributed by atoms with Gasteiger partial charge in [-0.25, -0.2) is 0 Å². The molecular formula is C12H19NO2P4. The highest BCUT2D eigenvalue weighted by molar-refractivity contribution is 8.63. The number of carbonyl (C=O) groups is 1. The molecule has 1 aliphatic heterocycles. The van der Waals surface area contributed by atoms with E-state index < -0.39 is 0 Å². The zero-order valence-corrected chi connectivity index (χ0v) is 15.1. The number of benzene rings is 1. The zero-order valence-electron chi connectivity index (χ0n) is 10.9. The third-order valence-corrected chi connectivity index (χ3v) is 13.1. The van der Waals surface area contributed by atoms with Gasteiger partial charge in [0.2, 0.25) is 0 Å². The van der Waals surface area contributed by atoms with Crippen LogP contribution in [-0.4, -0.2) is 30.5 Å². The molecule has 2 rings (SSSR count). The maximum absolute atomic E-state index is 12.7. The van der Waals surface area contributed by atoms with E-state index in [4.69, 9.17) is 4.74 Å². The molecule has 0 aromatic heterocycles. The summed E-state index contributed by atoms with van der Waals surface area (Å²) in [6, 6.07) is 5.96. The molecule has 0 bridgehead atoms. The van der Waals surface area contributed by atoms with Crippen LogP contribution in [0.5, 0.6) is 5.75 Å². The van der Waals surface area contributed by atoms with Crippen molar-refractivity contribution in [2.75, 3.05) is 19.7 Å². The second-order valence-corrected chi connectivity index (χ2v) is 13.4. The Hall–Kier alpha value is 0.210. The molecule has 3 nitrogen and oxygen atoms in total. The lowest BCUT2D eigenvalue weighted by atomic mass is 10.1. The Labute approximate surface area is 121 Å². The maximum Gasteiger partial charge on any atom is 0.258 e. The third kappa shape index (κ3) is 3.46. The van der Waals surface area contributed by atoms with Crippen LogP contribution < -0.4 is 10.0 Å². The number of fused-ring (bicyclic) bond motifs is 1. The summed E-state index contributed by atoms with van der Waals surface area (Å²) >= 11 is 0. The van der Waals surface area contributed by atoms with Gasteiger partial charge in [-0.1, -0.05) is 27.0 Å². The molecule has 0 aliphatic carbocycles. The van der Waals surface area contributed by atoms with Crippen LogP contribution in [0.1, 0.15) is 23.7 Å². The molecule has 0 saturated carbocycles. The first kappa shape index (κ1) is 15.6. The fourth-order valence-corrected chi connectivity index (χ4v) is 5.84. The molecule has 0 radical (unpaired) electrons. The molecule has 104 valence electrons. The van der Waals surface area contributed by atoms with Crippen molar-refractivity contribution < 1.29 is 9.53 Å². The number of hydrogen-bond donors (Lipinski definition) is 0. The number of hydrogen-bond acceptors (Lipinski definition) is 2. The standard InChI is InChI=1S/C12H19NO2P4/c1-2-6-13-7-8-15-9-4-3-5-10(19(17)18-16)11(9)12(13)14/h3-5,18H,2,6-8,16-17H2,1H3. The number of rotatable bonds is 4. The van der Waals surface area contributed by atoms with E-state index >= 15 is 0 Å². The number of ether oxygens (including phenoxy) is 1. The highest BCUT2D eigenvalue weighted by atomic mass is 32.6. The second-order valence-electron chi connectivity index (χ2n) is 4.29. The lowest BCUT2D eigenvalue weighted by molar-refractivity contribution is 0.0757. The highest BCUT2D eigenvalue weighted by Crippen LogP contribution is 2.65. The normalized spacial score (nSPS) is 17.2. The van der Waals surface area contributed by atoms with E-state index in [0.717, 1.165) is 37.5 Å². The molecule has 0 N–H and O–H groups in total. The average molecular weight is 333 g/mol. The molecule has 1 amide bonds. The molecule has 0 spiro atoms. The van der Waals surface area contributed by atoms with Crippen molar-refractivity contribution in [1.29, 1.82) is 0 Å². The van der Waals surface area contributed by atoms with Crippen LogP contribution >= 0.6 is 33.1 Å². The Kier molecular flexibility index (Phi) is 5.98. The van der Waals surface area contributed by atoms with Crippen molar-refractivity contribution in [3.63, 3.8) is 0 Å². The second kappa shape index (κ2) is 7.28. The van der Waals surface area contributed by atoms with Crippen molar-refractivity contribution in [3.05, 3.63) is 23.8 Å². The number of carbonyl (C=O) groups excluding carboxylic acids is 1. The van der Waals surface area contributed by atoms with Crippen molar-refractivity contribution in [3.8, 4) is 5.75 Å². The van der Waals surface area contributed by atoms with Gasteiger partial charge in [-0.15, -0.1) is 17.9 Å². The van der Waals surface area contributed by atoms with Gasteiger partial charge in [0, 0.05) is 11.8 Å². The van der Waals surface area contributed by atoms with Crippen LogP contribution in [0.4, 0.5) is 0 Å². The predicted octanol–water partition coefficient (Wildman–Crippen LogP) is 3.21. The minimum Gasteiger partial charge on any atom is -0.491 e. The molecule has 1 aliphatic rings. The summed E-state index contributed by atoms with van der Waals surface area (Å²) in [5.41, 5.74) is 0.782. The Balaban J connectivity index is 2.45. The smallest absolute Gasteiger partial charge is 0.258 e. The first-order valence-electron chi connectivity index (χ1n) is 6.25. The fraction of sp³-hybridized carbons (Fsp3) is 0.417. The van der Waals surface area contributed by atoms with Gasteiger partial charge in [0.15, 0.2) is 0 Å². The molecule has 19 heavy (non-hydrogen) atoms. The Morgan fingerprint density at radius 1 is 1.53 bits per heavy atom. The molecule has 0 saturated heterocycles. The van der Waals surface area contributed by atoms with Crippen molar-refractivity contribution in [1.82, 2.24) is 4.90 Å². The molecule has 4 atom stereocenters. The molecule has 7 heteroatoms. The first-order chi connectivity index (χ1) is 9.19. The topological polar surface area (TPSA) is 29.5 Å². The van der Waals surface area contributed by atoms with Gasteiger partial charge in [0.1, 0.15) is 12.4 Å². The highest BCUT2D eigenvalue weighted by Gasteiger charge is 2.27. The minimum atomic E-state index is -0.375. The Morgan fingerprint density at radius 3 is 3.00 bits per heavy atom. The Morgan fingerprint density at radius 2 is 2.32 bits per heavy atom. The van der Waals surface area contributed by atoms with E-state index in [0.29, 0.717) is 13.2 Å². The van der Waals surface area contributed by atoms with E-state index in [9.17, 15) is 4.79 Å². The molecule has 4 unspecified atom stereocenters.